The van der Waals surface area contributed by atoms with E-state index < -0.39 is 0 Å². The van der Waals surface area contributed by atoms with Gasteiger partial charge < -0.3 is 10.3 Å². The smallest absolute Gasteiger partial charge is 0.272 e. The molecule has 1 aromatic carbocycles. The van der Waals surface area contributed by atoms with Crippen molar-refractivity contribution in [1.82, 2.24) is 9.55 Å². The van der Waals surface area contributed by atoms with E-state index in [0.717, 1.165) is 10.1 Å². The predicted octanol–water partition coefficient (Wildman–Crippen LogP) is -0.382. The van der Waals surface area contributed by atoms with Gasteiger partial charge in [-0.15, -0.1) is 0 Å². The molecule has 1 aromatic heterocycles. The average Bonchev–Trinajstić information content (AvgIpc) is 2.67. The Morgan fingerprint density at radius 3 is 2.82 bits per heavy atom. The van der Waals surface area contributed by atoms with Gasteiger partial charge in [-0.2, -0.15) is 0 Å². The van der Waals surface area contributed by atoms with E-state index in [1.54, 1.807) is 12.3 Å². The summed E-state index contributed by atoms with van der Waals surface area (Å²) in [6, 6.07) is 5.57. The molecular formula is C11H14N5S+. The lowest BCUT2D eigenvalue weighted by atomic mass is 10.2. The van der Waals surface area contributed by atoms with Gasteiger partial charge in [0.25, 0.3) is 5.84 Å². The van der Waals surface area contributed by atoms with Crippen LogP contribution in [0.5, 0.6) is 0 Å². The third-order valence-electron chi connectivity index (χ3n) is 2.32. The van der Waals surface area contributed by atoms with Gasteiger partial charge in [-0.05, 0) is 18.2 Å². The number of anilines is 1. The Bertz CT molecular complexity index is 561. The van der Waals surface area contributed by atoms with Crippen LogP contribution in [0.2, 0.25) is 0 Å². The van der Waals surface area contributed by atoms with Crippen LogP contribution < -0.4 is 16.9 Å². The first-order valence-corrected chi connectivity index (χ1v) is 5.82. The molecule has 0 bridgehead atoms. The van der Waals surface area contributed by atoms with Crippen LogP contribution in [0.4, 0.5) is 5.69 Å². The number of aromatic nitrogens is 2. The average molecular weight is 248 g/mol. The van der Waals surface area contributed by atoms with Crippen LogP contribution in [0.1, 0.15) is 5.56 Å². The van der Waals surface area contributed by atoms with Gasteiger partial charge in [0, 0.05) is 30.0 Å². The fourth-order valence-electron chi connectivity index (χ4n) is 1.40. The highest BCUT2D eigenvalue weighted by Gasteiger charge is 2.10. The van der Waals surface area contributed by atoms with Gasteiger partial charge in [0.15, 0.2) is 5.16 Å². The van der Waals surface area contributed by atoms with Gasteiger partial charge in [-0.25, -0.2) is 4.98 Å². The molecule has 6 N–H and O–H groups in total. The molecule has 6 heteroatoms. The second-order valence-electron chi connectivity index (χ2n) is 3.63. The fraction of sp³-hybridized carbons (Fsp3) is 0.0909. The van der Waals surface area contributed by atoms with Crippen LogP contribution in [0, 0.1) is 0 Å². The minimum atomic E-state index is 0.227. The second kappa shape index (κ2) is 4.50. The maximum Gasteiger partial charge on any atom is 0.272 e. The maximum atomic E-state index is 5.78. The molecule has 0 saturated heterocycles. The molecular weight excluding hydrogens is 234 g/mol. The Labute approximate surface area is 103 Å². The third-order valence-corrected chi connectivity index (χ3v) is 3.39. The molecule has 0 radical (unpaired) electrons. The van der Waals surface area contributed by atoms with Crippen molar-refractivity contribution in [2.24, 2.45) is 12.8 Å². The quantitative estimate of drug-likeness (QED) is 0.392. The normalized spacial score (nSPS) is 10.4. The standard InChI is InChI=1S/C11H13N5S/c1-16-5-4-15-11(16)17-7-2-3-9(12)8(6-7)10(13)14/h2-6H,12H2,1H3,(H3,13,14)/p+1. The number of nitrogen functional groups attached to an aromatic ring is 1. The molecule has 1 heterocycles. The Morgan fingerprint density at radius 2 is 2.24 bits per heavy atom. The Hall–Kier alpha value is -1.95. The van der Waals surface area contributed by atoms with Crippen molar-refractivity contribution in [3.8, 4) is 0 Å². The van der Waals surface area contributed by atoms with Crippen LogP contribution in [0.3, 0.4) is 0 Å². The van der Waals surface area contributed by atoms with Crippen LogP contribution in [0.15, 0.2) is 40.6 Å². The number of hydrogen-bond donors (Lipinski definition) is 3. The lowest BCUT2D eigenvalue weighted by molar-refractivity contribution is -0.114. The van der Waals surface area contributed by atoms with Gasteiger partial charge >= 0.3 is 0 Å². The zero-order valence-electron chi connectivity index (χ0n) is 9.42. The van der Waals surface area contributed by atoms with E-state index in [-0.39, 0.29) is 5.84 Å². The largest absolute Gasteiger partial charge is 0.398 e. The number of hydrogen-bond acceptors (Lipinski definition) is 3. The molecule has 2 rings (SSSR count). The predicted molar refractivity (Wildman–Crippen MR) is 68.4 cm³/mol. The summed E-state index contributed by atoms with van der Waals surface area (Å²) in [5.74, 6) is 0.227. The van der Waals surface area contributed by atoms with E-state index in [4.69, 9.17) is 16.9 Å². The van der Waals surface area contributed by atoms with Crippen molar-refractivity contribution >= 4 is 23.3 Å². The minimum Gasteiger partial charge on any atom is -0.398 e. The van der Waals surface area contributed by atoms with Gasteiger partial charge in [0.05, 0.1) is 5.56 Å². The molecule has 88 valence electrons. The summed E-state index contributed by atoms with van der Waals surface area (Å²) in [5.41, 5.74) is 12.6. The molecule has 0 aliphatic carbocycles. The lowest BCUT2D eigenvalue weighted by Gasteiger charge is -2.05. The first-order valence-electron chi connectivity index (χ1n) is 5.01. The van der Waals surface area contributed by atoms with Crippen molar-refractivity contribution in [1.29, 1.82) is 0 Å². The topological polar surface area (TPSA) is 95.5 Å². The highest BCUT2D eigenvalue weighted by Crippen LogP contribution is 2.27. The second-order valence-corrected chi connectivity index (χ2v) is 4.67. The minimum absolute atomic E-state index is 0.227. The first kappa shape index (κ1) is 11.5. The summed E-state index contributed by atoms with van der Waals surface area (Å²) in [5, 5.41) is 6.47. The van der Waals surface area contributed by atoms with Crippen LogP contribution in [0.25, 0.3) is 0 Å². The molecule has 0 saturated carbocycles. The van der Waals surface area contributed by atoms with Crippen molar-refractivity contribution in [2.45, 2.75) is 10.1 Å². The number of rotatable bonds is 3. The van der Waals surface area contributed by atoms with E-state index in [1.165, 1.54) is 11.8 Å². The van der Waals surface area contributed by atoms with Crippen LogP contribution in [-0.4, -0.2) is 15.4 Å². The number of imidazole rings is 1. The Kier molecular flexibility index (Phi) is 3.06. The fourth-order valence-corrected chi connectivity index (χ4v) is 2.25. The molecule has 2 aromatic rings. The van der Waals surface area contributed by atoms with Crippen molar-refractivity contribution < 1.29 is 5.41 Å². The van der Waals surface area contributed by atoms with Crippen LogP contribution in [-0.2, 0) is 7.05 Å². The first-order chi connectivity index (χ1) is 8.08. The van der Waals surface area contributed by atoms with E-state index >= 15 is 0 Å². The van der Waals surface area contributed by atoms with Gasteiger partial charge in [0.1, 0.15) is 0 Å². The summed E-state index contributed by atoms with van der Waals surface area (Å²) < 4.78 is 1.94. The molecule has 5 nitrogen and oxygen atoms in total. The number of aryl methyl sites for hydroxylation is 1. The molecule has 0 atom stereocenters. The summed E-state index contributed by atoms with van der Waals surface area (Å²) in [7, 11) is 1.94. The SMILES string of the molecule is Cn1ccnc1Sc1ccc(N)c(C(N)=[NH2+])c1. The third kappa shape index (κ3) is 2.42. The molecule has 17 heavy (non-hydrogen) atoms. The van der Waals surface area contributed by atoms with E-state index in [1.807, 2.05) is 29.9 Å². The van der Waals surface area contributed by atoms with Crippen molar-refractivity contribution in [3.63, 3.8) is 0 Å². The number of amidine groups is 1. The van der Waals surface area contributed by atoms with Gasteiger partial charge in [-0.1, -0.05) is 11.8 Å². The molecule has 0 fully saturated rings. The van der Waals surface area contributed by atoms with Crippen molar-refractivity contribution in [2.75, 3.05) is 5.73 Å². The maximum absolute atomic E-state index is 5.78. The monoisotopic (exact) mass is 248 g/mol. The Morgan fingerprint density at radius 1 is 1.47 bits per heavy atom. The summed E-state index contributed by atoms with van der Waals surface area (Å²) in [6.07, 6.45) is 3.65. The molecule has 0 aliphatic rings. The lowest BCUT2D eigenvalue weighted by Crippen LogP contribution is -2.46. The van der Waals surface area contributed by atoms with Gasteiger partial charge in [-0.3, -0.25) is 11.1 Å². The molecule has 0 spiro atoms. The highest BCUT2D eigenvalue weighted by molar-refractivity contribution is 7.99. The Balaban J connectivity index is 2.32. The van der Waals surface area contributed by atoms with E-state index in [2.05, 4.69) is 4.98 Å². The summed E-state index contributed by atoms with van der Waals surface area (Å²) in [6.45, 7) is 0. The van der Waals surface area contributed by atoms with Crippen LogP contribution >= 0.6 is 11.8 Å². The summed E-state index contributed by atoms with van der Waals surface area (Å²) in [4.78, 5) is 5.23. The van der Waals surface area contributed by atoms with Gasteiger partial charge in [0.2, 0.25) is 0 Å². The van der Waals surface area contributed by atoms with E-state index in [9.17, 15) is 0 Å². The summed E-state index contributed by atoms with van der Waals surface area (Å²) >= 11 is 1.53. The number of benzene rings is 1. The van der Waals surface area contributed by atoms with Crippen molar-refractivity contribution in [3.05, 3.63) is 36.2 Å². The molecule has 0 unspecified atom stereocenters. The molecule has 0 aliphatic heterocycles. The zero-order valence-corrected chi connectivity index (χ0v) is 10.2. The number of nitrogens with zero attached hydrogens (tertiary/aromatic N) is 2. The number of nitrogens with two attached hydrogens (primary N) is 3. The molecule has 0 amide bonds. The van der Waals surface area contributed by atoms with E-state index in [0.29, 0.717) is 11.3 Å². The highest BCUT2D eigenvalue weighted by atomic mass is 32.2. The zero-order chi connectivity index (χ0) is 12.4.